The lowest BCUT2D eigenvalue weighted by Crippen LogP contribution is -2.49. The van der Waals surface area contributed by atoms with Crippen LogP contribution in [0.25, 0.3) is 11.1 Å². The number of benzene rings is 3. The molecule has 0 bridgehead atoms. The van der Waals surface area contributed by atoms with E-state index in [9.17, 15) is 14.3 Å². The van der Waals surface area contributed by atoms with Gasteiger partial charge < -0.3 is 14.7 Å². The zero-order chi connectivity index (χ0) is 24.3. The second-order valence-corrected chi connectivity index (χ2v) is 9.79. The molecule has 1 fully saturated rings. The third-order valence-corrected chi connectivity index (χ3v) is 6.75. The SMILES string of the molecule is C[C@@H](c1ccc(-c2ccc(F)cc2)cc1)N1CCC(CCC(C)(C)O)(c2ccccc2)OC1=O. The van der Waals surface area contributed by atoms with Gasteiger partial charge in [0.2, 0.25) is 0 Å². The molecule has 0 saturated carbocycles. The number of hydrogen-bond donors (Lipinski definition) is 1. The Morgan fingerprint density at radius 1 is 1.00 bits per heavy atom. The zero-order valence-corrected chi connectivity index (χ0v) is 20.0. The first kappa shape index (κ1) is 24.0. The number of nitrogens with zero attached hydrogens (tertiary/aromatic N) is 1. The molecule has 1 heterocycles. The average molecular weight is 462 g/mol. The molecule has 0 aromatic heterocycles. The largest absolute Gasteiger partial charge is 0.438 e. The van der Waals surface area contributed by atoms with Crippen molar-refractivity contribution in [2.45, 2.75) is 57.3 Å². The van der Waals surface area contributed by atoms with E-state index in [0.29, 0.717) is 25.8 Å². The van der Waals surface area contributed by atoms with Gasteiger partial charge in [-0.25, -0.2) is 9.18 Å². The first-order valence-electron chi connectivity index (χ1n) is 11.8. The normalized spacial score (nSPS) is 19.6. The standard InChI is InChI=1S/C29H32FNO3/c1-21(22-9-11-23(12-10-22)24-13-15-26(30)16-14-24)31-20-19-29(34-27(31)32,18-17-28(2,3)33)25-7-5-4-6-8-25/h4-16,21,33H,17-20H2,1-3H3/t21-,29?/m0/s1. The summed E-state index contributed by atoms with van der Waals surface area (Å²) in [5.74, 6) is -0.258. The molecule has 1 amide bonds. The lowest BCUT2D eigenvalue weighted by atomic mass is 9.82. The molecule has 34 heavy (non-hydrogen) atoms. The number of halogens is 1. The Labute approximate surface area is 201 Å². The van der Waals surface area contributed by atoms with Crippen LogP contribution in [0.2, 0.25) is 0 Å². The number of amides is 1. The first-order chi connectivity index (χ1) is 16.2. The Morgan fingerprint density at radius 3 is 2.15 bits per heavy atom. The van der Waals surface area contributed by atoms with Gasteiger partial charge in [-0.05, 0) is 68.0 Å². The Balaban J connectivity index is 1.51. The van der Waals surface area contributed by atoms with Crippen molar-refractivity contribution in [1.82, 2.24) is 4.90 Å². The summed E-state index contributed by atoms with van der Waals surface area (Å²) in [6.45, 7) is 6.11. The van der Waals surface area contributed by atoms with Gasteiger partial charge in [0, 0.05) is 13.0 Å². The van der Waals surface area contributed by atoms with Crippen LogP contribution in [0, 0.1) is 5.82 Å². The maximum absolute atomic E-state index is 13.2. The van der Waals surface area contributed by atoms with Crippen LogP contribution in [0.1, 0.15) is 57.2 Å². The molecule has 5 heteroatoms. The molecule has 1 N–H and O–H groups in total. The fourth-order valence-electron chi connectivity index (χ4n) is 4.57. The van der Waals surface area contributed by atoms with E-state index in [2.05, 4.69) is 0 Å². The Morgan fingerprint density at radius 2 is 1.59 bits per heavy atom. The maximum atomic E-state index is 13.2. The van der Waals surface area contributed by atoms with Gasteiger partial charge in [0.05, 0.1) is 11.6 Å². The molecule has 3 aromatic carbocycles. The number of carbonyl (C=O) groups is 1. The van der Waals surface area contributed by atoms with Gasteiger partial charge in [-0.3, -0.25) is 0 Å². The highest BCUT2D eigenvalue weighted by Crippen LogP contribution is 2.41. The smallest absolute Gasteiger partial charge is 0.411 e. The van der Waals surface area contributed by atoms with Gasteiger partial charge in [-0.15, -0.1) is 0 Å². The van der Waals surface area contributed by atoms with Crippen LogP contribution in [0.5, 0.6) is 0 Å². The molecule has 1 aliphatic rings. The number of carbonyl (C=O) groups excluding carboxylic acids is 1. The summed E-state index contributed by atoms with van der Waals surface area (Å²) >= 11 is 0. The fraction of sp³-hybridized carbons (Fsp3) is 0.345. The van der Waals surface area contributed by atoms with Crippen LogP contribution in [0.15, 0.2) is 78.9 Å². The second kappa shape index (κ2) is 9.59. The summed E-state index contributed by atoms with van der Waals surface area (Å²) < 4.78 is 19.4. The third-order valence-electron chi connectivity index (χ3n) is 6.75. The summed E-state index contributed by atoms with van der Waals surface area (Å²) in [7, 11) is 0. The van der Waals surface area contributed by atoms with Crippen molar-refractivity contribution in [2.24, 2.45) is 0 Å². The summed E-state index contributed by atoms with van der Waals surface area (Å²) in [4.78, 5) is 15.0. The van der Waals surface area contributed by atoms with Crippen molar-refractivity contribution < 1.29 is 19.0 Å². The lowest BCUT2D eigenvalue weighted by molar-refractivity contribution is -0.0767. The highest BCUT2D eigenvalue weighted by molar-refractivity contribution is 5.70. The monoisotopic (exact) mass is 461 g/mol. The Kier molecular flexibility index (Phi) is 6.76. The van der Waals surface area contributed by atoms with Crippen LogP contribution < -0.4 is 0 Å². The van der Waals surface area contributed by atoms with E-state index in [1.54, 1.807) is 30.9 Å². The van der Waals surface area contributed by atoms with E-state index in [4.69, 9.17) is 4.74 Å². The molecular formula is C29H32FNO3. The number of aliphatic hydroxyl groups is 1. The molecule has 0 spiro atoms. The molecule has 0 radical (unpaired) electrons. The van der Waals surface area contributed by atoms with Gasteiger partial charge >= 0.3 is 6.09 Å². The van der Waals surface area contributed by atoms with Crippen molar-refractivity contribution in [1.29, 1.82) is 0 Å². The summed E-state index contributed by atoms with van der Waals surface area (Å²) in [6, 6.07) is 24.1. The summed E-state index contributed by atoms with van der Waals surface area (Å²) in [5, 5.41) is 10.3. The molecular weight excluding hydrogens is 429 g/mol. The first-order valence-corrected chi connectivity index (χ1v) is 11.8. The number of cyclic esters (lactones) is 1. The molecule has 1 saturated heterocycles. The van der Waals surface area contributed by atoms with Crippen molar-refractivity contribution in [3.05, 3.63) is 95.8 Å². The van der Waals surface area contributed by atoms with Crippen LogP contribution in [-0.2, 0) is 10.3 Å². The van der Waals surface area contributed by atoms with Crippen molar-refractivity contribution in [3.8, 4) is 11.1 Å². The van der Waals surface area contributed by atoms with Crippen molar-refractivity contribution >= 4 is 6.09 Å². The minimum atomic E-state index is -0.842. The van der Waals surface area contributed by atoms with E-state index in [0.717, 1.165) is 22.3 Å². The fourth-order valence-corrected chi connectivity index (χ4v) is 4.57. The molecule has 0 aliphatic carbocycles. The third kappa shape index (κ3) is 5.31. The van der Waals surface area contributed by atoms with Gasteiger partial charge in [-0.1, -0.05) is 66.7 Å². The predicted molar refractivity (Wildman–Crippen MR) is 132 cm³/mol. The maximum Gasteiger partial charge on any atom is 0.411 e. The Bertz CT molecular complexity index is 1110. The van der Waals surface area contributed by atoms with E-state index in [1.165, 1.54) is 12.1 Å². The lowest BCUT2D eigenvalue weighted by Gasteiger charge is -2.44. The quantitative estimate of drug-likeness (QED) is 0.419. The number of rotatable bonds is 7. The Hall–Kier alpha value is -3.18. The molecule has 3 aromatic rings. The molecule has 1 aliphatic heterocycles. The minimum Gasteiger partial charge on any atom is -0.438 e. The van der Waals surface area contributed by atoms with Crippen molar-refractivity contribution in [3.63, 3.8) is 0 Å². The van der Waals surface area contributed by atoms with Gasteiger partial charge in [0.25, 0.3) is 0 Å². The highest BCUT2D eigenvalue weighted by atomic mass is 19.1. The van der Waals surface area contributed by atoms with E-state index in [1.807, 2.05) is 61.5 Å². The van der Waals surface area contributed by atoms with E-state index in [-0.39, 0.29) is 18.0 Å². The topological polar surface area (TPSA) is 49.8 Å². The highest BCUT2D eigenvalue weighted by Gasteiger charge is 2.44. The molecule has 178 valence electrons. The van der Waals surface area contributed by atoms with Crippen LogP contribution >= 0.6 is 0 Å². The van der Waals surface area contributed by atoms with Gasteiger partial charge in [0.1, 0.15) is 11.4 Å². The number of ether oxygens (including phenoxy) is 1. The van der Waals surface area contributed by atoms with Crippen LogP contribution in [0.4, 0.5) is 9.18 Å². The van der Waals surface area contributed by atoms with Gasteiger partial charge in [0.15, 0.2) is 0 Å². The second-order valence-electron chi connectivity index (χ2n) is 9.79. The van der Waals surface area contributed by atoms with Crippen LogP contribution in [0.3, 0.4) is 0 Å². The molecule has 1 unspecified atom stereocenters. The van der Waals surface area contributed by atoms with E-state index < -0.39 is 11.2 Å². The van der Waals surface area contributed by atoms with E-state index >= 15 is 0 Å². The minimum absolute atomic E-state index is 0.155. The van der Waals surface area contributed by atoms with Crippen molar-refractivity contribution in [2.75, 3.05) is 6.54 Å². The van der Waals surface area contributed by atoms with Crippen LogP contribution in [-0.4, -0.2) is 28.2 Å². The molecule has 4 rings (SSSR count). The number of hydrogen-bond acceptors (Lipinski definition) is 3. The summed E-state index contributed by atoms with van der Waals surface area (Å²) in [6.07, 6.45) is 1.38. The summed E-state index contributed by atoms with van der Waals surface area (Å²) in [5.41, 5.74) is 2.31. The van der Waals surface area contributed by atoms with Gasteiger partial charge in [-0.2, -0.15) is 0 Å². The predicted octanol–water partition coefficient (Wildman–Crippen LogP) is 6.84. The zero-order valence-electron chi connectivity index (χ0n) is 20.0. The average Bonchev–Trinajstić information content (AvgIpc) is 2.83. The molecule has 4 nitrogen and oxygen atoms in total. The molecule has 2 atom stereocenters.